The lowest BCUT2D eigenvalue weighted by molar-refractivity contribution is 0.348. The van der Waals surface area contributed by atoms with Gasteiger partial charge in [0, 0.05) is 4.75 Å². The maximum absolute atomic E-state index is 2.32. The van der Waals surface area contributed by atoms with E-state index in [0.29, 0.717) is 10.2 Å². The third kappa shape index (κ3) is 6.74. The zero-order valence-corrected chi connectivity index (χ0v) is 9.64. The Bertz CT molecular complexity index is 109. The van der Waals surface area contributed by atoms with Gasteiger partial charge >= 0.3 is 0 Å². The predicted octanol–water partition coefficient (Wildman–Crippen LogP) is 3.95. The van der Waals surface area contributed by atoms with Crippen molar-refractivity contribution < 1.29 is 0 Å². The first-order valence-electron chi connectivity index (χ1n) is 4.32. The molecule has 0 heterocycles. The molecule has 0 aliphatic heterocycles. The minimum atomic E-state index is 0.466. The minimum absolute atomic E-state index is 0.466. The summed E-state index contributed by atoms with van der Waals surface area (Å²) in [5, 5.41) is 0. The molecule has 0 aromatic carbocycles. The average molecular weight is 174 g/mol. The van der Waals surface area contributed by atoms with E-state index < -0.39 is 0 Å². The van der Waals surface area contributed by atoms with E-state index in [0.717, 1.165) is 0 Å². The molecule has 0 fully saturated rings. The van der Waals surface area contributed by atoms with E-state index in [1.54, 1.807) is 0 Å². The molecule has 0 nitrogen and oxygen atoms in total. The minimum Gasteiger partial charge on any atom is -0.159 e. The number of hydrogen-bond donors (Lipinski definition) is 0. The topological polar surface area (TPSA) is 0 Å². The molecule has 0 aliphatic rings. The highest BCUT2D eigenvalue weighted by atomic mass is 32.2. The van der Waals surface area contributed by atoms with E-state index in [9.17, 15) is 0 Å². The molecule has 0 saturated heterocycles. The van der Waals surface area contributed by atoms with Crippen LogP contribution in [0.15, 0.2) is 0 Å². The monoisotopic (exact) mass is 174 g/mol. The fourth-order valence-electron chi connectivity index (χ4n) is 0.778. The molecule has 0 aromatic rings. The molecule has 0 rings (SSSR count). The van der Waals surface area contributed by atoms with Gasteiger partial charge in [-0.1, -0.05) is 34.6 Å². The fraction of sp³-hybridized carbons (Fsp3) is 1.00. The first-order valence-corrected chi connectivity index (χ1v) is 5.54. The van der Waals surface area contributed by atoms with E-state index in [1.165, 1.54) is 12.8 Å². The Hall–Kier alpha value is 0.350. The molecule has 1 heteroatoms. The van der Waals surface area contributed by atoms with Crippen molar-refractivity contribution in [1.29, 1.82) is 0 Å². The third-order valence-electron chi connectivity index (χ3n) is 2.03. The van der Waals surface area contributed by atoms with Gasteiger partial charge in [0.05, 0.1) is 0 Å². The molecule has 11 heavy (non-hydrogen) atoms. The van der Waals surface area contributed by atoms with Crippen LogP contribution >= 0.6 is 11.8 Å². The molecule has 0 radical (unpaired) electrons. The molecular formula is C10H22S. The van der Waals surface area contributed by atoms with Crippen molar-refractivity contribution in [3.8, 4) is 0 Å². The smallest absolute Gasteiger partial charge is 0.0101 e. The zero-order valence-electron chi connectivity index (χ0n) is 8.82. The van der Waals surface area contributed by atoms with Crippen LogP contribution in [0.5, 0.6) is 0 Å². The molecule has 0 bridgehead atoms. The van der Waals surface area contributed by atoms with Crippen LogP contribution in [0, 0.1) is 5.41 Å². The maximum atomic E-state index is 2.32. The van der Waals surface area contributed by atoms with Gasteiger partial charge in [-0.3, -0.25) is 0 Å². The molecule has 0 atom stereocenters. The van der Waals surface area contributed by atoms with Crippen LogP contribution in [-0.4, -0.2) is 11.0 Å². The third-order valence-corrected chi connectivity index (χ3v) is 3.34. The second-order valence-corrected chi connectivity index (χ2v) is 6.54. The van der Waals surface area contributed by atoms with Crippen LogP contribution < -0.4 is 0 Å². The molecular weight excluding hydrogens is 152 g/mol. The second-order valence-electron chi connectivity index (χ2n) is 5.02. The van der Waals surface area contributed by atoms with Gasteiger partial charge in [-0.05, 0) is 24.5 Å². The molecule has 0 unspecified atom stereocenters. The Kier molecular flexibility index (Phi) is 3.96. The lowest BCUT2D eigenvalue weighted by atomic mass is 9.87. The summed E-state index contributed by atoms with van der Waals surface area (Å²) in [6, 6.07) is 0. The summed E-state index contributed by atoms with van der Waals surface area (Å²) in [4.78, 5) is 0. The van der Waals surface area contributed by atoms with Gasteiger partial charge in [0.25, 0.3) is 0 Å². The number of rotatable bonds is 3. The van der Waals surface area contributed by atoms with Crippen molar-refractivity contribution in [2.45, 2.75) is 52.2 Å². The van der Waals surface area contributed by atoms with Gasteiger partial charge < -0.3 is 0 Å². The van der Waals surface area contributed by atoms with Crippen LogP contribution in [0.4, 0.5) is 0 Å². The molecule has 0 aliphatic carbocycles. The first kappa shape index (κ1) is 11.4. The van der Waals surface area contributed by atoms with E-state index in [-0.39, 0.29) is 0 Å². The highest BCUT2D eigenvalue weighted by Gasteiger charge is 2.19. The summed E-state index contributed by atoms with van der Waals surface area (Å²) in [6.07, 6.45) is 4.83. The van der Waals surface area contributed by atoms with Crippen LogP contribution in [0.25, 0.3) is 0 Å². The van der Waals surface area contributed by atoms with Crippen LogP contribution in [0.1, 0.15) is 47.5 Å². The molecule has 0 N–H and O–H groups in total. The Labute approximate surface area is 76.1 Å². The van der Waals surface area contributed by atoms with E-state index >= 15 is 0 Å². The van der Waals surface area contributed by atoms with Crippen molar-refractivity contribution >= 4 is 11.8 Å². The normalized spacial score (nSPS) is 13.6. The number of thioether (sulfide) groups is 1. The van der Waals surface area contributed by atoms with Crippen molar-refractivity contribution in [2.24, 2.45) is 5.41 Å². The van der Waals surface area contributed by atoms with E-state index in [2.05, 4.69) is 40.9 Å². The fourth-order valence-corrected chi connectivity index (χ4v) is 1.08. The summed E-state index contributed by atoms with van der Waals surface area (Å²) in [7, 11) is 0. The quantitative estimate of drug-likeness (QED) is 0.624. The van der Waals surface area contributed by atoms with Crippen LogP contribution in [-0.2, 0) is 0 Å². The Morgan fingerprint density at radius 3 is 1.64 bits per heavy atom. The molecule has 68 valence electrons. The Morgan fingerprint density at radius 1 is 0.909 bits per heavy atom. The van der Waals surface area contributed by atoms with Crippen molar-refractivity contribution in [1.82, 2.24) is 0 Å². The van der Waals surface area contributed by atoms with Gasteiger partial charge in [-0.15, -0.1) is 0 Å². The summed E-state index contributed by atoms with van der Waals surface area (Å²) < 4.78 is 0.466. The largest absolute Gasteiger partial charge is 0.159 e. The lowest BCUT2D eigenvalue weighted by Gasteiger charge is -2.27. The van der Waals surface area contributed by atoms with E-state index in [1.807, 2.05) is 11.8 Å². The molecule has 0 aromatic heterocycles. The van der Waals surface area contributed by atoms with Crippen LogP contribution in [0.3, 0.4) is 0 Å². The summed E-state index contributed by atoms with van der Waals surface area (Å²) in [5.74, 6) is 0. The second kappa shape index (κ2) is 3.84. The lowest BCUT2D eigenvalue weighted by Crippen LogP contribution is -2.17. The highest BCUT2D eigenvalue weighted by Crippen LogP contribution is 2.32. The molecule has 0 spiro atoms. The highest BCUT2D eigenvalue weighted by molar-refractivity contribution is 7.99. The van der Waals surface area contributed by atoms with E-state index in [4.69, 9.17) is 0 Å². The van der Waals surface area contributed by atoms with Gasteiger partial charge in [-0.2, -0.15) is 11.8 Å². The van der Waals surface area contributed by atoms with Crippen LogP contribution in [0.2, 0.25) is 0 Å². The summed E-state index contributed by atoms with van der Waals surface area (Å²) in [6.45, 7) is 11.6. The standard InChI is InChI=1S/C10H22S/c1-9(2,3)7-8-10(4,5)11-6/h7-8H2,1-6H3. The maximum Gasteiger partial charge on any atom is 0.0101 e. The van der Waals surface area contributed by atoms with Crippen molar-refractivity contribution in [2.75, 3.05) is 6.26 Å². The van der Waals surface area contributed by atoms with Gasteiger partial charge in [0.2, 0.25) is 0 Å². The van der Waals surface area contributed by atoms with Gasteiger partial charge in [-0.25, -0.2) is 0 Å². The first-order chi connectivity index (χ1) is 4.77. The number of hydrogen-bond acceptors (Lipinski definition) is 1. The predicted molar refractivity (Wildman–Crippen MR) is 56.3 cm³/mol. The summed E-state index contributed by atoms with van der Waals surface area (Å²) >= 11 is 1.97. The van der Waals surface area contributed by atoms with Gasteiger partial charge in [0.1, 0.15) is 0 Å². The Balaban J connectivity index is 3.70. The van der Waals surface area contributed by atoms with Crippen molar-refractivity contribution in [3.05, 3.63) is 0 Å². The molecule has 0 amide bonds. The average Bonchev–Trinajstić information content (AvgIpc) is 1.83. The Morgan fingerprint density at radius 2 is 1.36 bits per heavy atom. The summed E-state index contributed by atoms with van der Waals surface area (Å²) in [5.41, 5.74) is 0.493. The SMILES string of the molecule is CSC(C)(C)CCC(C)(C)C. The molecule has 0 saturated carbocycles. The zero-order chi connectivity index (χ0) is 9.12. The van der Waals surface area contributed by atoms with Crippen molar-refractivity contribution in [3.63, 3.8) is 0 Å². The van der Waals surface area contributed by atoms with Gasteiger partial charge in [0.15, 0.2) is 0 Å².